The van der Waals surface area contributed by atoms with E-state index < -0.39 is 0 Å². The van der Waals surface area contributed by atoms with Crippen molar-refractivity contribution in [1.29, 1.82) is 0 Å². The quantitative estimate of drug-likeness (QED) is 0.341. The van der Waals surface area contributed by atoms with Gasteiger partial charge in [0.25, 0.3) is 0 Å². The predicted octanol–water partition coefficient (Wildman–Crippen LogP) is 4.35. The molecule has 0 spiro atoms. The number of halogens is 1. The molecule has 1 amide bonds. The Hall–Kier alpha value is -3.36. The fraction of sp³-hybridized carbons (Fsp3) is 0.370. The van der Waals surface area contributed by atoms with E-state index in [-0.39, 0.29) is 12.0 Å². The van der Waals surface area contributed by atoms with Crippen LogP contribution in [0.25, 0.3) is 10.9 Å². The van der Waals surface area contributed by atoms with E-state index in [1.54, 1.807) is 13.3 Å². The van der Waals surface area contributed by atoms with Crippen LogP contribution in [0.5, 0.6) is 11.5 Å². The van der Waals surface area contributed by atoms with Crippen LogP contribution in [0, 0.1) is 0 Å². The Labute approximate surface area is 216 Å². The zero-order chi connectivity index (χ0) is 25.5. The molecule has 1 aliphatic rings. The lowest BCUT2D eigenvalue weighted by atomic mass is 10.1. The number of hydrogen-bond acceptors (Lipinski definition) is 7. The molecule has 0 aliphatic carbocycles. The van der Waals surface area contributed by atoms with Crippen molar-refractivity contribution in [2.75, 3.05) is 44.7 Å². The summed E-state index contributed by atoms with van der Waals surface area (Å²) in [6.45, 7) is 8.17. The molecular weight excluding hydrogens is 478 g/mol. The van der Waals surface area contributed by atoms with E-state index in [9.17, 15) is 4.79 Å². The minimum atomic E-state index is -0.114. The van der Waals surface area contributed by atoms with Gasteiger partial charge in [-0.1, -0.05) is 11.6 Å². The minimum Gasteiger partial charge on any atom is -0.493 e. The maximum atomic E-state index is 12.3. The summed E-state index contributed by atoms with van der Waals surface area (Å²) in [7, 11) is 1.60. The lowest BCUT2D eigenvalue weighted by Gasteiger charge is -2.36. The Morgan fingerprint density at radius 2 is 1.94 bits per heavy atom. The molecule has 4 rings (SSSR count). The van der Waals surface area contributed by atoms with Gasteiger partial charge in [0, 0.05) is 61.4 Å². The Kier molecular flexibility index (Phi) is 8.61. The molecule has 2 heterocycles. The van der Waals surface area contributed by atoms with Gasteiger partial charge < -0.3 is 14.4 Å². The average molecular weight is 510 g/mol. The fourth-order valence-corrected chi connectivity index (χ4v) is 4.37. The second-order valence-electron chi connectivity index (χ2n) is 8.94. The summed E-state index contributed by atoms with van der Waals surface area (Å²) in [4.78, 5) is 21.4. The number of nitrogens with zero attached hydrogens (tertiary/aromatic N) is 4. The highest BCUT2D eigenvalue weighted by molar-refractivity contribution is 6.31. The summed E-state index contributed by atoms with van der Waals surface area (Å²) in [6, 6.07) is 13.4. The van der Waals surface area contributed by atoms with Crippen molar-refractivity contribution in [3.63, 3.8) is 0 Å². The zero-order valence-corrected chi connectivity index (χ0v) is 21.7. The summed E-state index contributed by atoms with van der Waals surface area (Å²) in [5.41, 5.74) is 5.50. The number of rotatable bonds is 9. The molecule has 1 aromatic heterocycles. The normalized spacial score (nSPS) is 14.5. The van der Waals surface area contributed by atoms with Gasteiger partial charge >= 0.3 is 0 Å². The van der Waals surface area contributed by atoms with Crippen LogP contribution in [0.15, 0.2) is 53.8 Å². The molecule has 0 bridgehead atoms. The number of ether oxygens (including phenoxy) is 2. The molecule has 1 fully saturated rings. The van der Waals surface area contributed by atoms with Gasteiger partial charge in [-0.25, -0.2) is 5.43 Å². The molecule has 2 aromatic carbocycles. The number of amides is 1. The highest BCUT2D eigenvalue weighted by Gasteiger charge is 2.19. The Bertz CT molecular complexity index is 1230. The summed E-state index contributed by atoms with van der Waals surface area (Å²) >= 11 is 6.12. The van der Waals surface area contributed by atoms with Gasteiger partial charge in [0.05, 0.1) is 24.9 Å². The monoisotopic (exact) mass is 509 g/mol. The van der Waals surface area contributed by atoms with Gasteiger partial charge in [-0.15, -0.1) is 0 Å². The first-order valence-electron chi connectivity index (χ1n) is 12.1. The molecule has 0 atom stereocenters. The maximum Gasteiger partial charge on any atom is 0.241 e. The number of methoxy groups -OCH3 is 1. The summed E-state index contributed by atoms with van der Waals surface area (Å²) in [6.07, 6.45) is 3.87. The van der Waals surface area contributed by atoms with Crippen molar-refractivity contribution in [3.8, 4) is 11.5 Å². The molecule has 1 N–H and O–H groups in total. The van der Waals surface area contributed by atoms with Crippen molar-refractivity contribution >= 4 is 40.3 Å². The number of carbonyl (C=O) groups excluding carboxylic acids is 1. The molecule has 0 unspecified atom stereocenters. The van der Waals surface area contributed by atoms with E-state index in [0.717, 1.165) is 42.6 Å². The largest absolute Gasteiger partial charge is 0.493 e. The number of piperazine rings is 1. The van der Waals surface area contributed by atoms with Crippen LogP contribution < -0.4 is 19.8 Å². The maximum absolute atomic E-state index is 12.3. The number of carbonyl (C=O) groups is 1. The van der Waals surface area contributed by atoms with E-state index in [0.29, 0.717) is 29.5 Å². The fourth-order valence-electron chi connectivity index (χ4n) is 4.20. The van der Waals surface area contributed by atoms with Crippen LogP contribution in [0.4, 0.5) is 5.69 Å². The molecule has 1 aliphatic heterocycles. The molecule has 8 nitrogen and oxygen atoms in total. The van der Waals surface area contributed by atoms with E-state index in [4.69, 9.17) is 21.1 Å². The van der Waals surface area contributed by atoms with Crippen molar-refractivity contribution in [1.82, 2.24) is 15.3 Å². The predicted molar refractivity (Wildman–Crippen MR) is 145 cm³/mol. The Morgan fingerprint density at radius 1 is 1.14 bits per heavy atom. The smallest absolute Gasteiger partial charge is 0.241 e. The van der Waals surface area contributed by atoms with Crippen LogP contribution >= 0.6 is 11.6 Å². The number of aromatic nitrogens is 1. The summed E-state index contributed by atoms with van der Waals surface area (Å²) in [5, 5.41) is 5.89. The summed E-state index contributed by atoms with van der Waals surface area (Å²) < 4.78 is 11.1. The molecular formula is C27H32ClN5O3. The molecule has 3 aromatic rings. The van der Waals surface area contributed by atoms with Crippen molar-refractivity contribution in [2.45, 2.75) is 26.4 Å². The highest BCUT2D eigenvalue weighted by Crippen LogP contribution is 2.29. The first kappa shape index (κ1) is 25.7. The molecule has 0 saturated carbocycles. The van der Waals surface area contributed by atoms with Crippen molar-refractivity contribution in [2.24, 2.45) is 5.10 Å². The number of pyridine rings is 1. The molecule has 0 radical (unpaired) electrons. The van der Waals surface area contributed by atoms with Gasteiger partial charge in [-0.05, 0) is 61.9 Å². The highest BCUT2D eigenvalue weighted by atomic mass is 35.5. The topological polar surface area (TPSA) is 79.3 Å². The molecule has 1 saturated heterocycles. The van der Waals surface area contributed by atoms with Crippen LogP contribution in [0.2, 0.25) is 5.02 Å². The SMILES string of the molecule is COc1cc(/C=N/NC(=O)CCN2CCN(c3ccnc4cc(Cl)ccc34)CC2)ccc1OC(C)C. The lowest BCUT2D eigenvalue weighted by molar-refractivity contribution is -0.121. The number of anilines is 1. The third-order valence-electron chi connectivity index (χ3n) is 6.00. The van der Waals surface area contributed by atoms with E-state index >= 15 is 0 Å². The van der Waals surface area contributed by atoms with Gasteiger partial charge in [-0.2, -0.15) is 5.10 Å². The Morgan fingerprint density at radius 3 is 2.69 bits per heavy atom. The van der Waals surface area contributed by atoms with Crippen molar-refractivity contribution in [3.05, 3.63) is 59.2 Å². The van der Waals surface area contributed by atoms with E-state index in [2.05, 4.69) is 31.4 Å². The number of nitrogens with one attached hydrogen (secondary N) is 1. The molecule has 9 heteroatoms. The van der Waals surface area contributed by atoms with Gasteiger partial charge in [0.2, 0.25) is 5.91 Å². The third-order valence-corrected chi connectivity index (χ3v) is 6.24. The van der Waals surface area contributed by atoms with Crippen molar-refractivity contribution < 1.29 is 14.3 Å². The number of hydrogen-bond donors (Lipinski definition) is 1. The number of fused-ring (bicyclic) bond motifs is 1. The second-order valence-corrected chi connectivity index (χ2v) is 9.38. The minimum absolute atomic E-state index is 0.0517. The first-order chi connectivity index (χ1) is 17.4. The third kappa shape index (κ3) is 6.65. The van der Waals surface area contributed by atoms with E-state index in [1.165, 1.54) is 5.69 Å². The van der Waals surface area contributed by atoms with Crippen LogP contribution in [-0.2, 0) is 4.79 Å². The standard InChI is InChI=1S/C27H32ClN5O3/c1-19(2)36-25-7-4-20(16-26(25)35-3)18-30-31-27(34)9-11-32-12-14-33(15-13-32)24-8-10-29-23-17-21(28)5-6-22(23)24/h4-8,10,16-19H,9,11-15H2,1-3H3,(H,31,34)/b30-18+. The first-order valence-corrected chi connectivity index (χ1v) is 12.5. The van der Waals surface area contributed by atoms with E-state index in [1.807, 2.05) is 56.4 Å². The number of benzene rings is 2. The van der Waals surface area contributed by atoms with Gasteiger partial charge in [0.1, 0.15) is 0 Å². The molecule has 190 valence electrons. The van der Waals surface area contributed by atoms with Crippen LogP contribution in [-0.4, -0.2) is 67.9 Å². The summed E-state index contributed by atoms with van der Waals surface area (Å²) in [5.74, 6) is 1.19. The number of hydrazone groups is 1. The average Bonchev–Trinajstić information content (AvgIpc) is 2.87. The van der Waals surface area contributed by atoms with Gasteiger partial charge in [-0.3, -0.25) is 14.7 Å². The van der Waals surface area contributed by atoms with Gasteiger partial charge in [0.15, 0.2) is 11.5 Å². The second kappa shape index (κ2) is 12.1. The lowest BCUT2D eigenvalue weighted by Crippen LogP contribution is -2.47. The Balaban J connectivity index is 1.23. The molecule has 36 heavy (non-hydrogen) atoms. The van der Waals surface area contributed by atoms with Crippen LogP contribution in [0.1, 0.15) is 25.8 Å². The van der Waals surface area contributed by atoms with Crippen LogP contribution in [0.3, 0.4) is 0 Å². The zero-order valence-electron chi connectivity index (χ0n) is 20.9.